The Bertz CT molecular complexity index is 599. The van der Waals surface area contributed by atoms with Crippen LogP contribution in [0.2, 0.25) is 0 Å². The number of amides is 2. The standard InChI is InChI=1S/C16H21N3O4/c1-16(2,3)23-14(20)18-7-8-19-12(10-18)13(22-15(19)21)11-5-4-6-17-9-11/h4-6,9,12-13H,7-8,10H2,1-3H3. The molecule has 0 bridgehead atoms. The predicted molar refractivity (Wildman–Crippen MR) is 81.8 cm³/mol. The molecule has 3 heterocycles. The molecule has 0 saturated carbocycles. The Morgan fingerprint density at radius 1 is 1.39 bits per heavy atom. The van der Waals surface area contributed by atoms with Crippen LogP contribution in [0.4, 0.5) is 9.59 Å². The van der Waals surface area contributed by atoms with Gasteiger partial charge in [0, 0.05) is 37.6 Å². The molecule has 0 spiro atoms. The Morgan fingerprint density at radius 2 is 2.17 bits per heavy atom. The minimum Gasteiger partial charge on any atom is -0.444 e. The molecule has 2 unspecified atom stereocenters. The molecule has 0 radical (unpaired) electrons. The van der Waals surface area contributed by atoms with Gasteiger partial charge in [-0.05, 0) is 26.8 Å². The second kappa shape index (κ2) is 5.72. The lowest BCUT2D eigenvalue weighted by molar-refractivity contribution is 0.00986. The van der Waals surface area contributed by atoms with Gasteiger partial charge in [0.1, 0.15) is 5.60 Å². The first-order chi connectivity index (χ1) is 10.8. The molecular weight excluding hydrogens is 298 g/mol. The summed E-state index contributed by atoms with van der Waals surface area (Å²) in [5.74, 6) is 0. The number of cyclic esters (lactones) is 1. The van der Waals surface area contributed by atoms with E-state index in [4.69, 9.17) is 9.47 Å². The first-order valence-electron chi connectivity index (χ1n) is 7.70. The third-order valence-corrected chi connectivity index (χ3v) is 3.90. The number of aromatic nitrogens is 1. The van der Waals surface area contributed by atoms with Crippen molar-refractivity contribution in [3.63, 3.8) is 0 Å². The number of piperazine rings is 1. The van der Waals surface area contributed by atoms with Gasteiger partial charge in [-0.1, -0.05) is 6.07 Å². The van der Waals surface area contributed by atoms with Gasteiger partial charge in [-0.25, -0.2) is 9.59 Å². The second-order valence-corrected chi connectivity index (χ2v) is 6.78. The van der Waals surface area contributed by atoms with Gasteiger partial charge in [0.25, 0.3) is 0 Å². The molecule has 7 nitrogen and oxygen atoms in total. The SMILES string of the molecule is CC(C)(C)OC(=O)N1CCN2C(=O)OC(c3cccnc3)C2C1. The maximum atomic E-state index is 12.3. The van der Waals surface area contributed by atoms with Crippen molar-refractivity contribution in [2.24, 2.45) is 0 Å². The highest BCUT2D eigenvalue weighted by molar-refractivity contribution is 5.73. The van der Waals surface area contributed by atoms with E-state index >= 15 is 0 Å². The molecule has 2 saturated heterocycles. The van der Waals surface area contributed by atoms with Crippen LogP contribution in [0.25, 0.3) is 0 Å². The van der Waals surface area contributed by atoms with Crippen molar-refractivity contribution in [2.75, 3.05) is 19.6 Å². The van der Waals surface area contributed by atoms with Crippen LogP contribution in [0.5, 0.6) is 0 Å². The van der Waals surface area contributed by atoms with E-state index in [1.54, 1.807) is 28.3 Å². The van der Waals surface area contributed by atoms with Gasteiger partial charge in [-0.3, -0.25) is 9.88 Å². The summed E-state index contributed by atoms with van der Waals surface area (Å²) in [4.78, 5) is 31.7. The van der Waals surface area contributed by atoms with Gasteiger partial charge in [0.05, 0.1) is 6.04 Å². The lowest BCUT2D eigenvalue weighted by Gasteiger charge is -2.37. The Kier molecular flexibility index (Phi) is 3.87. The fraction of sp³-hybridized carbons (Fsp3) is 0.562. The molecule has 0 aromatic carbocycles. The first kappa shape index (κ1) is 15.6. The monoisotopic (exact) mass is 319 g/mol. The minimum atomic E-state index is -0.543. The second-order valence-electron chi connectivity index (χ2n) is 6.78. The Balaban J connectivity index is 1.76. The lowest BCUT2D eigenvalue weighted by Crippen LogP contribution is -2.55. The summed E-state index contributed by atoms with van der Waals surface area (Å²) in [6.45, 7) is 6.78. The number of nitrogens with zero attached hydrogens (tertiary/aromatic N) is 3. The van der Waals surface area contributed by atoms with E-state index in [1.165, 1.54) is 0 Å². The fourth-order valence-electron chi connectivity index (χ4n) is 2.88. The van der Waals surface area contributed by atoms with Crippen LogP contribution in [0.15, 0.2) is 24.5 Å². The molecule has 124 valence electrons. The lowest BCUT2D eigenvalue weighted by atomic mass is 10.0. The summed E-state index contributed by atoms with van der Waals surface area (Å²) < 4.78 is 10.9. The summed E-state index contributed by atoms with van der Waals surface area (Å²) >= 11 is 0. The molecule has 0 N–H and O–H groups in total. The van der Waals surface area contributed by atoms with Crippen molar-refractivity contribution >= 4 is 12.2 Å². The molecule has 2 amide bonds. The quantitative estimate of drug-likeness (QED) is 0.793. The first-order valence-corrected chi connectivity index (χ1v) is 7.70. The highest BCUT2D eigenvalue weighted by atomic mass is 16.6. The van der Waals surface area contributed by atoms with Crippen LogP contribution in [0.1, 0.15) is 32.4 Å². The maximum Gasteiger partial charge on any atom is 0.410 e. The van der Waals surface area contributed by atoms with Crippen molar-refractivity contribution in [3.05, 3.63) is 30.1 Å². The minimum absolute atomic E-state index is 0.215. The van der Waals surface area contributed by atoms with Crippen LogP contribution >= 0.6 is 0 Å². The number of hydrogen-bond donors (Lipinski definition) is 0. The average molecular weight is 319 g/mol. The van der Waals surface area contributed by atoms with Crippen LogP contribution in [-0.4, -0.2) is 58.2 Å². The average Bonchev–Trinajstić information content (AvgIpc) is 2.83. The molecule has 2 aliphatic heterocycles. The van der Waals surface area contributed by atoms with Crippen LogP contribution in [0, 0.1) is 0 Å². The normalized spacial score (nSPS) is 24.2. The number of hydrogen-bond acceptors (Lipinski definition) is 5. The Labute approximate surface area is 135 Å². The number of rotatable bonds is 1. The maximum absolute atomic E-state index is 12.3. The zero-order chi connectivity index (χ0) is 16.6. The molecule has 1 aromatic heterocycles. The third-order valence-electron chi connectivity index (χ3n) is 3.90. The van der Waals surface area contributed by atoms with Gasteiger partial charge in [0.15, 0.2) is 6.10 Å². The van der Waals surface area contributed by atoms with Crippen LogP contribution in [-0.2, 0) is 9.47 Å². The fourth-order valence-corrected chi connectivity index (χ4v) is 2.88. The van der Waals surface area contributed by atoms with Crippen LogP contribution < -0.4 is 0 Å². The molecule has 2 aliphatic rings. The zero-order valence-corrected chi connectivity index (χ0v) is 13.6. The summed E-state index contributed by atoms with van der Waals surface area (Å²) in [5.41, 5.74) is 0.290. The smallest absolute Gasteiger partial charge is 0.410 e. The van der Waals surface area contributed by atoms with E-state index in [1.807, 2.05) is 26.8 Å². The predicted octanol–water partition coefficient (Wildman–Crippen LogP) is 2.19. The summed E-state index contributed by atoms with van der Waals surface area (Å²) in [5, 5.41) is 0. The van der Waals surface area contributed by atoms with Crippen LogP contribution in [0.3, 0.4) is 0 Å². The molecule has 0 aliphatic carbocycles. The summed E-state index contributed by atoms with van der Waals surface area (Å²) in [7, 11) is 0. The van der Waals surface area contributed by atoms with Crippen molar-refractivity contribution < 1.29 is 19.1 Å². The third kappa shape index (κ3) is 3.23. The molecule has 2 fully saturated rings. The Morgan fingerprint density at radius 3 is 2.83 bits per heavy atom. The van der Waals surface area contributed by atoms with Crippen molar-refractivity contribution in [3.8, 4) is 0 Å². The number of carbonyl (C=O) groups excluding carboxylic acids is 2. The molecule has 2 atom stereocenters. The van der Waals surface area contributed by atoms with E-state index in [9.17, 15) is 9.59 Å². The largest absolute Gasteiger partial charge is 0.444 e. The van der Waals surface area contributed by atoms with Gasteiger partial charge in [-0.2, -0.15) is 0 Å². The number of ether oxygens (including phenoxy) is 2. The zero-order valence-electron chi connectivity index (χ0n) is 13.6. The van der Waals surface area contributed by atoms with Crippen molar-refractivity contribution in [1.82, 2.24) is 14.8 Å². The number of fused-ring (bicyclic) bond motifs is 1. The molecular formula is C16H21N3O4. The van der Waals surface area contributed by atoms with Crippen molar-refractivity contribution in [2.45, 2.75) is 38.5 Å². The molecule has 23 heavy (non-hydrogen) atoms. The molecule has 3 rings (SSSR count). The van der Waals surface area contributed by atoms with E-state index in [-0.39, 0.29) is 18.2 Å². The molecule has 1 aromatic rings. The Hall–Kier alpha value is -2.31. The summed E-state index contributed by atoms with van der Waals surface area (Å²) in [6.07, 6.45) is 2.25. The summed E-state index contributed by atoms with van der Waals surface area (Å²) in [6, 6.07) is 3.47. The van der Waals surface area contributed by atoms with Gasteiger partial charge >= 0.3 is 12.2 Å². The van der Waals surface area contributed by atoms with E-state index < -0.39 is 11.7 Å². The molecule has 7 heteroatoms. The number of pyridine rings is 1. The van der Waals surface area contributed by atoms with Gasteiger partial charge in [-0.15, -0.1) is 0 Å². The number of carbonyl (C=O) groups is 2. The van der Waals surface area contributed by atoms with E-state index in [0.29, 0.717) is 19.6 Å². The van der Waals surface area contributed by atoms with Gasteiger partial charge in [0.2, 0.25) is 0 Å². The van der Waals surface area contributed by atoms with Gasteiger partial charge < -0.3 is 14.4 Å². The highest BCUT2D eigenvalue weighted by Gasteiger charge is 2.46. The topological polar surface area (TPSA) is 72.0 Å². The highest BCUT2D eigenvalue weighted by Crippen LogP contribution is 2.34. The van der Waals surface area contributed by atoms with E-state index in [2.05, 4.69) is 4.98 Å². The van der Waals surface area contributed by atoms with E-state index in [0.717, 1.165) is 5.56 Å². The van der Waals surface area contributed by atoms with Crippen molar-refractivity contribution in [1.29, 1.82) is 0 Å².